The van der Waals surface area contributed by atoms with E-state index in [0.717, 1.165) is 16.9 Å². The quantitative estimate of drug-likeness (QED) is 0.491. The second-order valence-corrected chi connectivity index (χ2v) is 6.05. The average molecular weight is 388 g/mol. The normalized spacial score (nSPS) is 12.8. The molecule has 0 saturated carbocycles. The minimum Gasteiger partial charge on any atom is -0.375 e. The van der Waals surface area contributed by atoms with E-state index in [9.17, 15) is 34.8 Å². The van der Waals surface area contributed by atoms with E-state index in [2.05, 4.69) is 9.28 Å². The summed E-state index contributed by atoms with van der Waals surface area (Å²) in [7, 11) is -6.11. The molecular weight excluding hydrogens is 382 g/mol. The molecule has 0 aliphatic heterocycles. The first-order valence-corrected chi connectivity index (χ1v) is 7.48. The number of pyridine rings is 1. The number of nitriles is 1. The smallest absolute Gasteiger partial charge is 0.375 e. The summed E-state index contributed by atoms with van der Waals surface area (Å²) in [5.41, 5.74) is -6.99. The van der Waals surface area contributed by atoms with Crippen molar-refractivity contribution in [1.82, 2.24) is 9.61 Å². The highest BCUT2D eigenvalue weighted by Crippen LogP contribution is 2.33. The second-order valence-electron chi connectivity index (χ2n) is 4.51. The molecule has 0 unspecified atom stereocenters. The van der Waals surface area contributed by atoms with Gasteiger partial charge in [-0.3, -0.25) is 0 Å². The molecule has 2 rings (SSSR count). The van der Waals surface area contributed by atoms with Gasteiger partial charge in [-0.1, -0.05) is 0 Å². The molecule has 0 spiro atoms. The Hall–Kier alpha value is -2.69. The zero-order valence-electron chi connectivity index (χ0n) is 11.7. The second kappa shape index (κ2) is 5.99. The fourth-order valence-corrected chi connectivity index (χ4v) is 2.15. The van der Waals surface area contributed by atoms with Gasteiger partial charge in [0.25, 0.3) is 0 Å². The Kier molecular flexibility index (Phi) is 4.47. The van der Waals surface area contributed by atoms with E-state index in [1.54, 1.807) is 6.07 Å². The van der Waals surface area contributed by atoms with Crippen LogP contribution in [0.4, 0.5) is 32.0 Å². The maximum atomic E-state index is 12.5. The van der Waals surface area contributed by atoms with Gasteiger partial charge in [0, 0.05) is 6.07 Å². The summed E-state index contributed by atoms with van der Waals surface area (Å²) in [6.07, 6.45) is -2.83. The average Bonchev–Trinajstić information content (AvgIpc) is 2.86. The topological polar surface area (TPSA) is 96.5 Å². The van der Waals surface area contributed by atoms with Gasteiger partial charge >= 0.3 is 21.8 Å². The van der Waals surface area contributed by atoms with Crippen LogP contribution in [0.5, 0.6) is 5.75 Å². The van der Waals surface area contributed by atoms with Crippen molar-refractivity contribution in [3.63, 3.8) is 0 Å². The van der Waals surface area contributed by atoms with Gasteiger partial charge in [0.1, 0.15) is 23.7 Å². The first-order chi connectivity index (χ1) is 11.3. The van der Waals surface area contributed by atoms with Crippen molar-refractivity contribution in [1.29, 1.82) is 5.26 Å². The summed E-state index contributed by atoms with van der Waals surface area (Å²) >= 11 is 0. The molecule has 2 aromatic rings. The zero-order chi connectivity index (χ0) is 19.0. The molecule has 0 aliphatic rings. The largest absolute Gasteiger partial charge is 0.534 e. The summed E-state index contributed by atoms with van der Waals surface area (Å²) < 4.78 is 101. The molecule has 0 bridgehead atoms. The standard InChI is InChI=1S/C11H6F6N4O3S/c12-10(13,14)5-19-7-1-8(24-25(22,23)11(15,16)17)9-6(2-18)3-20-21(9)4-7/h1,3-4,19H,5H2. The lowest BCUT2D eigenvalue weighted by Crippen LogP contribution is -2.28. The third kappa shape index (κ3) is 4.05. The Labute approximate surface area is 135 Å². The van der Waals surface area contributed by atoms with E-state index in [4.69, 9.17) is 5.26 Å². The highest BCUT2D eigenvalue weighted by Gasteiger charge is 2.49. The van der Waals surface area contributed by atoms with Crippen LogP contribution in [-0.2, 0) is 10.1 Å². The van der Waals surface area contributed by atoms with Gasteiger partial charge in [-0.15, -0.1) is 0 Å². The molecule has 7 nitrogen and oxygen atoms in total. The van der Waals surface area contributed by atoms with Crippen LogP contribution >= 0.6 is 0 Å². The third-order valence-corrected chi connectivity index (χ3v) is 3.64. The maximum absolute atomic E-state index is 12.5. The number of hydrogen-bond donors (Lipinski definition) is 1. The molecule has 0 radical (unpaired) electrons. The Balaban J connectivity index is 2.55. The van der Waals surface area contributed by atoms with Gasteiger partial charge in [0.05, 0.1) is 18.1 Å². The highest BCUT2D eigenvalue weighted by atomic mass is 32.2. The van der Waals surface area contributed by atoms with Crippen molar-refractivity contribution in [2.75, 3.05) is 11.9 Å². The van der Waals surface area contributed by atoms with Crippen LogP contribution in [0.25, 0.3) is 5.52 Å². The molecular formula is C11H6F6N4O3S. The summed E-state index contributed by atoms with van der Waals surface area (Å²) in [4.78, 5) is 0. The Morgan fingerprint density at radius 1 is 1.28 bits per heavy atom. The third-order valence-electron chi connectivity index (χ3n) is 2.67. The van der Waals surface area contributed by atoms with Crippen LogP contribution < -0.4 is 9.50 Å². The fourth-order valence-electron chi connectivity index (χ4n) is 1.69. The Bertz CT molecular complexity index is 942. The van der Waals surface area contributed by atoms with E-state index >= 15 is 0 Å². The number of anilines is 1. The minimum atomic E-state index is -6.11. The molecule has 25 heavy (non-hydrogen) atoms. The van der Waals surface area contributed by atoms with E-state index in [1.807, 2.05) is 5.32 Å². The SMILES string of the molecule is N#Cc1cnn2cc(NCC(F)(F)F)cc(OS(=O)(=O)C(F)(F)F)c12. The van der Waals surface area contributed by atoms with E-state index < -0.39 is 45.3 Å². The molecule has 0 saturated heterocycles. The monoisotopic (exact) mass is 388 g/mol. The predicted octanol–water partition coefficient (Wildman–Crippen LogP) is 2.41. The molecule has 2 aromatic heterocycles. The summed E-state index contributed by atoms with van der Waals surface area (Å²) in [5, 5.41) is 14.3. The number of fused-ring (bicyclic) bond motifs is 1. The Morgan fingerprint density at radius 3 is 2.44 bits per heavy atom. The van der Waals surface area contributed by atoms with Gasteiger partial charge in [-0.2, -0.15) is 45.1 Å². The van der Waals surface area contributed by atoms with Crippen LogP contribution in [0.2, 0.25) is 0 Å². The zero-order valence-corrected chi connectivity index (χ0v) is 12.5. The highest BCUT2D eigenvalue weighted by molar-refractivity contribution is 7.88. The van der Waals surface area contributed by atoms with Gasteiger partial charge in [0.2, 0.25) is 0 Å². The fraction of sp³-hybridized carbons (Fsp3) is 0.273. The molecule has 0 aliphatic carbocycles. The van der Waals surface area contributed by atoms with Crippen LogP contribution in [-0.4, -0.2) is 36.3 Å². The van der Waals surface area contributed by atoms with Gasteiger partial charge < -0.3 is 9.50 Å². The van der Waals surface area contributed by atoms with Gasteiger partial charge in [-0.05, 0) is 0 Å². The summed E-state index contributed by atoms with van der Waals surface area (Å²) in [6, 6.07) is 2.14. The van der Waals surface area contributed by atoms with E-state index in [0.29, 0.717) is 6.07 Å². The lowest BCUT2D eigenvalue weighted by Gasteiger charge is -2.14. The van der Waals surface area contributed by atoms with E-state index in [-0.39, 0.29) is 5.56 Å². The van der Waals surface area contributed by atoms with Crippen molar-refractivity contribution in [3.8, 4) is 11.8 Å². The Morgan fingerprint density at radius 2 is 1.92 bits per heavy atom. The van der Waals surface area contributed by atoms with Crippen LogP contribution in [0.3, 0.4) is 0 Å². The number of halogens is 6. The number of hydrogen-bond acceptors (Lipinski definition) is 6. The number of nitrogens with one attached hydrogen (secondary N) is 1. The number of rotatable bonds is 4. The van der Waals surface area contributed by atoms with E-state index in [1.165, 1.54) is 0 Å². The van der Waals surface area contributed by atoms with Gasteiger partial charge in [-0.25, -0.2) is 4.52 Å². The summed E-state index contributed by atoms with van der Waals surface area (Å²) in [5.74, 6) is -1.00. The minimum absolute atomic E-state index is 0.338. The van der Waals surface area contributed by atoms with Crippen molar-refractivity contribution in [2.24, 2.45) is 0 Å². The first-order valence-electron chi connectivity index (χ1n) is 6.07. The molecule has 136 valence electrons. The molecule has 2 heterocycles. The lowest BCUT2D eigenvalue weighted by atomic mass is 10.2. The predicted molar refractivity (Wildman–Crippen MR) is 70.1 cm³/mol. The molecule has 0 fully saturated rings. The maximum Gasteiger partial charge on any atom is 0.534 e. The lowest BCUT2D eigenvalue weighted by molar-refractivity contribution is -0.115. The first kappa shape index (κ1) is 18.6. The van der Waals surface area contributed by atoms with Crippen molar-refractivity contribution < 1.29 is 38.9 Å². The summed E-state index contributed by atoms with van der Waals surface area (Å²) in [6.45, 7) is -1.55. The number of aromatic nitrogens is 2. The number of alkyl halides is 6. The molecule has 0 atom stereocenters. The van der Waals surface area contributed by atoms with Gasteiger partial charge in [0.15, 0.2) is 5.75 Å². The van der Waals surface area contributed by atoms with Crippen molar-refractivity contribution >= 4 is 21.3 Å². The molecule has 1 N–H and O–H groups in total. The molecule has 14 heteroatoms. The van der Waals surface area contributed by atoms with Crippen molar-refractivity contribution in [3.05, 3.63) is 24.0 Å². The van der Waals surface area contributed by atoms with Crippen LogP contribution in [0.1, 0.15) is 5.56 Å². The van der Waals surface area contributed by atoms with Crippen LogP contribution in [0.15, 0.2) is 18.5 Å². The number of nitrogens with zero attached hydrogens (tertiary/aromatic N) is 3. The van der Waals surface area contributed by atoms with Crippen molar-refractivity contribution in [2.45, 2.75) is 11.7 Å². The van der Waals surface area contributed by atoms with Crippen LogP contribution in [0, 0.1) is 11.3 Å². The molecule has 0 amide bonds. The molecule has 0 aromatic carbocycles.